The Hall–Kier alpha value is -1.81. The van der Waals surface area contributed by atoms with Gasteiger partial charge in [0.05, 0.1) is 11.3 Å². The highest BCUT2D eigenvalue weighted by Crippen LogP contribution is 2.48. The zero-order valence-electron chi connectivity index (χ0n) is 17.3. The maximum atomic E-state index is 13.9. The number of thioether (sulfide) groups is 1. The molecule has 0 bridgehead atoms. The van der Waals surface area contributed by atoms with Crippen LogP contribution in [-0.4, -0.2) is 14.8 Å². The maximum absolute atomic E-state index is 13.9. The Morgan fingerprint density at radius 1 is 1.25 bits per heavy atom. The second kappa shape index (κ2) is 7.55. The minimum absolute atomic E-state index is 0.0517. The minimum atomic E-state index is -0.0517. The predicted octanol–water partition coefficient (Wildman–Crippen LogP) is 5.74. The Labute approximate surface area is 172 Å². The largest absolute Gasteiger partial charge is 0.283 e. The highest BCUT2D eigenvalue weighted by Gasteiger charge is 2.43. The summed E-state index contributed by atoms with van der Waals surface area (Å²) in [6, 6.07) is 8.55. The first-order valence-corrected chi connectivity index (χ1v) is 11.3. The van der Waals surface area contributed by atoms with Crippen LogP contribution in [0.5, 0.6) is 0 Å². The van der Waals surface area contributed by atoms with Crippen molar-refractivity contribution in [1.29, 1.82) is 0 Å². The summed E-state index contributed by atoms with van der Waals surface area (Å²) >= 11 is 1.67. The molecule has 2 aliphatic carbocycles. The van der Waals surface area contributed by atoms with E-state index in [1.807, 2.05) is 11.5 Å². The number of hydrogen-bond donors (Lipinski definition) is 0. The molecule has 1 fully saturated rings. The van der Waals surface area contributed by atoms with Gasteiger partial charge in [0, 0.05) is 22.8 Å². The van der Waals surface area contributed by atoms with Crippen LogP contribution in [0.3, 0.4) is 0 Å². The van der Waals surface area contributed by atoms with Crippen molar-refractivity contribution in [3.05, 3.63) is 57.9 Å². The Bertz CT molecular complexity index is 967. The quantitative estimate of drug-likeness (QED) is 0.376. The molecule has 2 aromatic rings. The Morgan fingerprint density at radius 3 is 2.64 bits per heavy atom. The summed E-state index contributed by atoms with van der Waals surface area (Å²) in [5.74, 6) is 0. The average molecular weight is 395 g/mol. The molecule has 1 spiro atoms. The smallest absolute Gasteiger partial charge is 0.258 e. The van der Waals surface area contributed by atoms with Crippen LogP contribution < -0.4 is 5.56 Å². The second-order valence-corrected chi connectivity index (χ2v) is 10.4. The fourth-order valence-electron chi connectivity index (χ4n) is 4.93. The molecule has 0 unspecified atom stereocenters. The molecule has 4 heteroatoms. The fourth-order valence-corrected chi connectivity index (χ4v) is 5.77. The number of rotatable bonds is 4. The average Bonchev–Trinajstić information content (AvgIpc) is 2.64. The molecule has 3 nitrogen and oxygen atoms in total. The first-order chi connectivity index (χ1) is 13.4. The zero-order valence-corrected chi connectivity index (χ0v) is 18.1. The van der Waals surface area contributed by atoms with Crippen molar-refractivity contribution in [3.8, 4) is 11.3 Å². The molecule has 0 radical (unpaired) electrons. The molecule has 1 aromatic carbocycles. The zero-order chi connectivity index (χ0) is 19.9. The molecule has 0 N–H and O–H groups in total. The third kappa shape index (κ3) is 3.36. The summed E-state index contributed by atoms with van der Waals surface area (Å²) < 4.78 is 1.89. The number of benzene rings is 1. The molecule has 4 rings (SSSR count). The van der Waals surface area contributed by atoms with Gasteiger partial charge in [0.25, 0.3) is 5.56 Å². The van der Waals surface area contributed by atoms with E-state index in [1.165, 1.54) is 24.8 Å². The number of fused-ring (bicyclic) bond motifs is 4. The van der Waals surface area contributed by atoms with Gasteiger partial charge in [-0.1, -0.05) is 81.3 Å². The van der Waals surface area contributed by atoms with Crippen molar-refractivity contribution < 1.29 is 0 Å². The molecule has 0 aliphatic heterocycles. The van der Waals surface area contributed by atoms with Gasteiger partial charge >= 0.3 is 0 Å². The highest BCUT2D eigenvalue weighted by molar-refractivity contribution is 7.99. The highest BCUT2D eigenvalue weighted by atomic mass is 32.2. The van der Waals surface area contributed by atoms with Crippen LogP contribution in [0.4, 0.5) is 0 Å². The molecular weight excluding hydrogens is 364 g/mol. The van der Waals surface area contributed by atoms with Gasteiger partial charge in [-0.05, 0) is 31.7 Å². The normalized spacial score (nSPS) is 17.4. The molecule has 28 heavy (non-hydrogen) atoms. The standard InChI is InChI=1S/C24H30N2OS/c1-16(2)15-26-22(27)20-21(25-23(26)28-17(3)4)19-11-7-6-10-18(19)14-24(20)12-8-5-9-13-24/h6-7,10-11,17H,1,5,8-9,12-15H2,2-4H3. The minimum Gasteiger partial charge on any atom is -0.283 e. The summed E-state index contributed by atoms with van der Waals surface area (Å²) in [4.78, 5) is 19.0. The van der Waals surface area contributed by atoms with E-state index in [1.54, 1.807) is 11.8 Å². The third-order valence-corrected chi connectivity index (χ3v) is 7.04. The second-order valence-electron chi connectivity index (χ2n) is 8.81. The monoisotopic (exact) mass is 394 g/mol. The lowest BCUT2D eigenvalue weighted by atomic mass is 9.62. The number of nitrogens with zero attached hydrogens (tertiary/aromatic N) is 2. The van der Waals surface area contributed by atoms with Crippen LogP contribution in [0.15, 0.2) is 46.4 Å². The maximum Gasteiger partial charge on any atom is 0.258 e. The van der Waals surface area contributed by atoms with Crippen molar-refractivity contribution >= 4 is 11.8 Å². The van der Waals surface area contributed by atoms with Gasteiger partial charge in [-0.25, -0.2) is 4.98 Å². The summed E-state index contributed by atoms with van der Waals surface area (Å²) in [5, 5.41) is 1.19. The van der Waals surface area contributed by atoms with Crippen LogP contribution in [0.25, 0.3) is 11.3 Å². The molecule has 1 saturated carbocycles. The molecule has 0 amide bonds. The van der Waals surface area contributed by atoms with Crippen molar-refractivity contribution in [1.82, 2.24) is 9.55 Å². The van der Waals surface area contributed by atoms with Gasteiger partial charge in [-0.2, -0.15) is 0 Å². The number of allylic oxidation sites excluding steroid dienone is 1. The molecule has 1 heterocycles. The van der Waals surface area contributed by atoms with E-state index in [2.05, 4.69) is 44.7 Å². The van der Waals surface area contributed by atoms with E-state index in [0.717, 1.165) is 46.8 Å². The Balaban J connectivity index is 2.02. The fraction of sp³-hybridized carbons (Fsp3) is 0.500. The Morgan fingerprint density at radius 2 is 1.96 bits per heavy atom. The van der Waals surface area contributed by atoms with Gasteiger partial charge in [0.1, 0.15) is 0 Å². The molecule has 148 valence electrons. The lowest BCUT2D eigenvalue weighted by molar-refractivity contribution is 0.282. The lowest BCUT2D eigenvalue weighted by Crippen LogP contribution is -2.43. The van der Waals surface area contributed by atoms with E-state index in [-0.39, 0.29) is 11.0 Å². The van der Waals surface area contributed by atoms with Crippen LogP contribution in [0, 0.1) is 0 Å². The van der Waals surface area contributed by atoms with E-state index in [9.17, 15) is 4.79 Å². The van der Waals surface area contributed by atoms with Crippen LogP contribution in [0.1, 0.15) is 64.0 Å². The van der Waals surface area contributed by atoms with Gasteiger partial charge < -0.3 is 0 Å². The Kier molecular flexibility index (Phi) is 5.26. The lowest BCUT2D eigenvalue weighted by Gasteiger charge is -2.42. The summed E-state index contributed by atoms with van der Waals surface area (Å²) in [6.45, 7) is 10.9. The topological polar surface area (TPSA) is 34.9 Å². The van der Waals surface area contributed by atoms with Crippen LogP contribution in [-0.2, 0) is 18.4 Å². The van der Waals surface area contributed by atoms with Crippen molar-refractivity contribution in [2.75, 3.05) is 0 Å². The molecule has 0 saturated heterocycles. The van der Waals surface area contributed by atoms with Gasteiger partial charge in [0.15, 0.2) is 5.16 Å². The third-order valence-electron chi connectivity index (χ3n) is 6.05. The van der Waals surface area contributed by atoms with E-state index in [4.69, 9.17) is 4.98 Å². The first kappa shape index (κ1) is 19.5. The summed E-state index contributed by atoms with van der Waals surface area (Å²) in [7, 11) is 0. The molecule has 1 aromatic heterocycles. The van der Waals surface area contributed by atoms with Crippen molar-refractivity contribution in [2.24, 2.45) is 0 Å². The van der Waals surface area contributed by atoms with Crippen molar-refractivity contribution in [2.45, 2.75) is 81.7 Å². The SMILES string of the molecule is C=C(C)Cn1c(SC(C)C)nc2c(c1=O)C1(CCCCC1)Cc1ccccc1-2. The van der Waals surface area contributed by atoms with Crippen molar-refractivity contribution in [3.63, 3.8) is 0 Å². The molecule has 0 atom stereocenters. The number of aromatic nitrogens is 2. The summed E-state index contributed by atoms with van der Waals surface area (Å²) in [5.41, 5.74) is 5.51. The van der Waals surface area contributed by atoms with E-state index < -0.39 is 0 Å². The number of hydrogen-bond acceptors (Lipinski definition) is 3. The predicted molar refractivity (Wildman–Crippen MR) is 118 cm³/mol. The van der Waals surface area contributed by atoms with Gasteiger partial charge in [0.2, 0.25) is 0 Å². The van der Waals surface area contributed by atoms with E-state index in [0.29, 0.717) is 11.8 Å². The summed E-state index contributed by atoms with van der Waals surface area (Å²) in [6.07, 6.45) is 6.82. The molecule has 2 aliphatic rings. The van der Waals surface area contributed by atoms with E-state index >= 15 is 0 Å². The molecular formula is C24H30N2OS. The van der Waals surface area contributed by atoms with Crippen LogP contribution in [0.2, 0.25) is 0 Å². The van der Waals surface area contributed by atoms with Gasteiger partial charge in [-0.15, -0.1) is 0 Å². The van der Waals surface area contributed by atoms with Gasteiger partial charge in [-0.3, -0.25) is 9.36 Å². The van der Waals surface area contributed by atoms with Crippen LogP contribution >= 0.6 is 11.8 Å². The first-order valence-electron chi connectivity index (χ1n) is 10.5.